The molecular formula is C20H31N3O3. The number of likely N-dealkylation sites (tertiary alicyclic amines) is 1. The van der Waals surface area contributed by atoms with Crippen LogP contribution in [0.2, 0.25) is 0 Å². The number of rotatable bonds is 5. The molecular weight excluding hydrogens is 330 g/mol. The molecule has 1 aromatic heterocycles. The second-order valence-corrected chi connectivity index (χ2v) is 7.77. The quantitative estimate of drug-likeness (QED) is 0.784. The number of carbonyl (C=O) groups excluding carboxylic acids is 2. The minimum atomic E-state index is -0.574. The minimum Gasteiger partial charge on any atom is -0.443 e. The Kier molecular flexibility index (Phi) is 6.62. The number of nitrogens with zero attached hydrogens (tertiary/aromatic N) is 3. The van der Waals surface area contributed by atoms with Gasteiger partial charge in [0.25, 0.3) is 0 Å². The summed E-state index contributed by atoms with van der Waals surface area (Å²) < 4.78 is 5.61. The fraction of sp³-hybridized carbons (Fsp3) is 0.650. The van der Waals surface area contributed by atoms with Crippen LogP contribution in [0.5, 0.6) is 0 Å². The lowest BCUT2D eigenvalue weighted by Gasteiger charge is -2.31. The van der Waals surface area contributed by atoms with Crippen molar-refractivity contribution in [3.8, 4) is 0 Å². The van der Waals surface area contributed by atoms with Crippen molar-refractivity contribution in [3.63, 3.8) is 0 Å². The van der Waals surface area contributed by atoms with Gasteiger partial charge in [-0.15, -0.1) is 0 Å². The average molecular weight is 361 g/mol. The van der Waals surface area contributed by atoms with Crippen LogP contribution in [-0.4, -0.2) is 40.6 Å². The van der Waals surface area contributed by atoms with Crippen molar-refractivity contribution in [1.82, 2.24) is 9.88 Å². The Bertz CT molecular complexity index is 639. The number of carbonyl (C=O) groups is 2. The fourth-order valence-electron chi connectivity index (χ4n) is 3.28. The van der Waals surface area contributed by atoms with Gasteiger partial charge in [-0.3, -0.25) is 9.69 Å². The van der Waals surface area contributed by atoms with Crippen LogP contribution in [-0.2, 0) is 9.53 Å². The highest BCUT2D eigenvalue weighted by Gasteiger charge is 2.33. The van der Waals surface area contributed by atoms with Crippen molar-refractivity contribution in [2.24, 2.45) is 0 Å². The number of anilines is 1. The average Bonchev–Trinajstić information content (AvgIpc) is 3.03. The summed E-state index contributed by atoms with van der Waals surface area (Å²) in [6.45, 7) is 10.5. The van der Waals surface area contributed by atoms with E-state index in [1.165, 1.54) is 0 Å². The SMILES string of the molecule is CCCCN(C(=O)OC(C)(C)C)c1ncccc1C1CCCN1C(C)=O. The molecule has 0 spiro atoms. The monoisotopic (exact) mass is 361 g/mol. The molecule has 1 atom stereocenters. The summed E-state index contributed by atoms with van der Waals surface area (Å²) in [7, 11) is 0. The highest BCUT2D eigenvalue weighted by molar-refractivity contribution is 5.88. The van der Waals surface area contributed by atoms with E-state index in [1.54, 1.807) is 18.0 Å². The van der Waals surface area contributed by atoms with Crippen molar-refractivity contribution in [2.45, 2.75) is 71.9 Å². The van der Waals surface area contributed by atoms with Gasteiger partial charge in [0.15, 0.2) is 0 Å². The van der Waals surface area contributed by atoms with Crippen LogP contribution in [0.15, 0.2) is 18.3 Å². The maximum atomic E-state index is 12.8. The maximum Gasteiger partial charge on any atom is 0.416 e. The predicted octanol–water partition coefficient (Wildman–Crippen LogP) is 4.31. The van der Waals surface area contributed by atoms with Gasteiger partial charge in [-0.2, -0.15) is 0 Å². The van der Waals surface area contributed by atoms with E-state index in [9.17, 15) is 9.59 Å². The molecule has 1 aliphatic heterocycles. The zero-order chi connectivity index (χ0) is 19.3. The maximum absolute atomic E-state index is 12.8. The molecule has 6 heteroatoms. The van der Waals surface area contributed by atoms with E-state index in [2.05, 4.69) is 11.9 Å². The van der Waals surface area contributed by atoms with Gasteiger partial charge in [-0.25, -0.2) is 9.78 Å². The van der Waals surface area contributed by atoms with Crippen molar-refractivity contribution >= 4 is 17.8 Å². The normalized spacial score (nSPS) is 17.3. The molecule has 1 fully saturated rings. The van der Waals surface area contributed by atoms with Crippen molar-refractivity contribution in [1.29, 1.82) is 0 Å². The van der Waals surface area contributed by atoms with Crippen molar-refractivity contribution in [2.75, 3.05) is 18.0 Å². The van der Waals surface area contributed by atoms with Crippen LogP contribution in [0.1, 0.15) is 71.9 Å². The second kappa shape index (κ2) is 8.52. The van der Waals surface area contributed by atoms with Gasteiger partial charge in [0.05, 0.1) is 6.04 Å². The molecule has 0 saturated carbocycles. The Hall–Kier alpha value is -2.11. The number of unbranched alkanes of at least 4 members (excludes halogenated alkanes) is 1. The van der Waals surface area contributed by atoms with Gasteiger partial charge in [0.1, 0.15) is 11.4 Å². The van der Waals surface area contributed by atoms with E-state index >= 15 is 0 Å². The molecule has 144 valence electrons. The predicted molar refractivity (Wildman–Crippen MR) is 102 cm³/mol. The number of ether oxygens (including phenoxy) is 1. The second-order valence-electron chi connectivity index (χ2n) is 7.77. The summed E-state index contributed by atoms with van der Waals surface area (Å²) >= 11 is 0. The molecule has 2 heterocycles. The van der Waals surface area contributed by atoms with Crippen LogP contribution < -0.4 is 4.90 Å². The third-order valence-electron chi connectivity index (χ3n) is 4.44. The van der Waals surface area contributed by atoms with Crippen LogP contribution >= 0.6 is 0 Å². The van der Waals surface area contributed by atoms with E-state index in [1.807, 2.05) is 37.8 Å². The van der Waals surface area contributed by atoms with Crippen molar-refractivity contribution < 1.29 is 14.3 Å². The highest BCUT2D eigenvalue weighted by Crippen LogP contribution is 2.36. The molecule has 2 rings (SSSR count). The molecule has 0 N–H and O–H groups in total. The Morgan fingerprint density at radius 1 is 1.38 bits per heavy atom. The molecule has 1 aliphatic rings. The van der Waals surface area contributed by atoms with E-state index in [0.29, 0.717) is 12.4 Å². The highest BCUT2D eigenvalue weighted by atomic mass is 16.6. The molecule has 1 aromatic rings. The summed E-state index contributed by atoms with van der Waals surface area (Å²) in [5, 5.41) is 0. The summed E-state index contributed by atoms with van der Waals surface area (Å²) in [6.07, 6.45) is 4.96. The van der Waals surface area contributed by atoms with Gasteiger partial charge >= 0.3 is 6.09 Å². The van der Waals surface area contributed by atoms with E-state index in [4.69, 9.17) is 4.74 Å². The molecule has 0 aliphatic carbocycles. The molecule has 1 saturated heterocycles. The number of pyridine rings is 1. The Labute approximate surface area is 156 Å². The molecule has 1 unspecified atom stereocenters. The van der Waals surface area contributed by atoms with Gasteiger partial charge in [0, 0.05) is 31.8 Å². The van der Waals surface area contributed by atoms with Gasteiger partial charge in [0.2, 0.25) is 5.91 Å². The first-order valence-corrected chi connectivity index (χ1v) is 9.47. The first kappa shape index (κ1) is 20.2. The molecule has 0 aromatic carbocycles. The number of aromatic nitrogens is 1. The lowest BCUT2D eigenvalue weighted by molar-refractivity contribution is -0.129. The molecule has 26 heavy (non-hydrogen) atoms. The van der Waals surface area contributed by atoms with Crippen LogP contribution in [0.25, 0.3) is 0 Å². The van der Waals surface area contributed by atoms with Crippen LogP contribution in [0.4, 0.5) is 10.6 Å². The van der Waals surface area contributed by atoms with E-state index in [0.717, 1.165) is 37.8 Å². The molecule has 6 nitrogen and oxygen atoms in total. The third-order valence-corrected chi connectivity index (χ3v) is 4.44. The number of amides is 2. The summed E-state index contributed by atoms with van der Waals surface area (Å²) in [4.78, 5) is 32.8. The zero-order valence-electron chi connectivity index (χ0n) is 16.6. The summed E-state index contributed by atoms with van der Waals surface area (Å²) in [5.74, 6) is 0.660. The Balaban J connectivity index is 2.39. The Morgan fingerprint density at radius 2 is 2.12 bits per heavy atom. The fourth-order valence-corrected chi connectivity index (χ4v) is 3.28. The van der Waals surface area contributed by atoms with E-state index < -0.39 is 11.7 Å². The minimum absolute atomic E-state index is 0.0391. The molecule has 0 radical (unpaired) electrons. The van der Waals surface area contributed by atoms with Gasteiger partial charge in [-0.1, -0.05) is 19.4 Å². The van der Waals surface area contributed by atoms with Crippen LogP contribution in [0, 0.1) is 0 Å². The number of hydrogen-bond acceptors (Lipinski definition) is 4. The van der Waals surface area contributed by atoms with Gasteiger partial charge in [-0.05, 0) is 46.1 Å². The van der Waals surface area contributed by atoms with Crippen molar-refractivity contribution in [3.05, 3.63) is 23.9 Å². The van der Waals surface area contributed by atoms with Gasteiger partial charge < -0.3 is 9.64 Å². The largest absolute Gasteiger partial charge is 0.443 e. The lowest BCUT2D eigenvalue weighted by atomic mass is 10.0. The summed E-state index contributed by atoms with van der Waals surface area (Å²) in [5.41, 5.74) is 0.345. The lowest BCUT2D eigenvalue weighted by Crippen LogP contribution is -2.39. The summed E-state index contributed by atoms with van der Waals surface area (Å²) in [6, 6.07) is 3.79. The standard InChI is InChI=1S/C20H31N3O3/c1-6-7-13-23(19(25)26-20(3,4)5)18-16(10-8-12-21-18)17-11-9-14-22(17)15(2)24/h8,10,12,17H,6-7,9,11,13-14H2,1-5H3. The first-order chi connectivity index (χ1) is 12.2. The van der Waals surface area contributed by atoms with E-state index in [-0.39, 0.29) is 11.9 Å². The topological polar surface area (TPSA) is 62.7 Å². The number of hydrogen-bond donors (Lipinski definition) is 0. The smallest absolute Gasteiger partial charge is 0.416 e. The molecule has 0 bridgehead atoms. The Morgan fingerprint density at radius 3 is 2.73 bits per heavy atom. The third kappa shape index (κ3) is 4.96. The molecule has 2 amide bonds. The van der Waals surface area contributed by atoms with Crippen LogP contribution in [0.3, 0.4) is 0 Å². The first-order valence-electron chi connectivity index (χ1n) is 9.47. The zero-order valence-corrected chi connectivity index (χ0v) is 16.6.